The lowest BCUT2D eigenvalue weighted by Crippen LogP contribution is -2.28. The number of para-hydroxylation sites is 1. The Morgan fingerprint density at radius 3 is 2.27 bits per heavy atom. The number of hydrogen-bond donors (Lipinski definition) is 3. The van der Waals surface area contributed by atoms with E-state index in [9.17, 15) is 0 Å². The molecule has 4 N–H and O–H groups in total. The molecule has 0 radical (unpaired) electrons. The van der Waals surface area contributed by atoms with Crippen LogP contribution in [0.3, 0.4) is 0 Å². The van der Waals surface area contributed by atoms with Crippen LogP contribution in [0, 0.1) is 0 Å². The topological polar surface area (TPSA) is 53.3 Å². The predicted molar refractivity (Wildman–Crippen MR) is 96.7 cm³/mol. The summed E-state index contributed by atoms with van der Waals surface area (Å²) in [7, 11) is 0. The number of rotatable bonds is 3. The summed E-state index contributed by atoms with van der Waals surface area (Å²) in [5.74, 6) is 0. The van der Waals surface area contributed by atoms with Gasteiger partial charge in [0.2, 0.25) is 0 Å². The second kappa shape index (κ2) is 9.02. The van der Waals surface area contributed by atoms with Crippen LogP contribution in [0.5, 0.6) is 0 Å². The van der Waals surface area contributed by atoms with Gasteiger partial charge in [-0.2, -0.15) is 0 Å². The van der Waals surface area contributed by atoms with E-state index >= 15 is 0 Å². The maximum absolute atomic E-state index is 5.26. The van der Waals surface area contributed by atoms with Crippen molar-refractivity contribution in [3.63, 3.8) is 0 Å². The maximum Gasteiger partial charge on any atom is 0.163 e. The molecule has 0 atom stereocenters. The summed E-state index contributed by atoms with van der Waals surface area (Å²) in [4.78, 5) is 2.33. The number of nitrogens with zero attached hydrogens (tertiary/aromatic N) is 1. The third-order valence-electron chi connectivity index (χ3n) is 3.29. The molecular formula is C17H22N4S. The zero-order valence-electron chi connectivity index (χ0n) is 12.5. The average molecular weight is 314 g/mol. The molecule has 3 rings (SSSR count). The highest BCUT2D eigenvalue weighted by atomic mass is 32.1. The van der Waals surface area contributed by atoms with Gasteiger partial charge in [-0.25, -0.2) is 0 Å². The van der Waals surface area contributed by atoms with Gasteiger partial charge in [0.25, 0.3) is 0 Å². The Labute approximate surface area is 137 Å². The maximum atomic E-state index is 5.26. The van der Waals surface area contributed by atoms with Crippen molar-refractivity contribution in [1.29, 1.82) is 0 Å². The normalized spacial score (nSPS) is 13.2. The van der Waals surface area contributed by atoms with Crippen molar-refractivity contribution < 1.29 is 0 Å². The SMILES string of the molecule is NC(=S)NCc1ccccc1.c1ccc(N2CCNC2)cc1. The van der Waals surface area contributed by atoms with Crippen LogP contribution in [-0.4, -0.2) is 24.9 Å². The van der Waals surface area contributed by atoms with E-state index in [-0.39, 0.29) is 0 Å². The molecule has 1 aliphatic heterocycles. The first-order valence-electron chi connectivity index (χ1n) is 7.33. The van der Waals surface area contributed by atoms with Crippen LogP contribution in [0.15, 0.2) is 60.7 Å². The van der Waals surface area contributed by atoms with E-state index in [0.29, 0.717) is 11.7 Å². The molecule has 0 spiro atoms. The summed E-state index contributed by atoms with van der Waals surface area (Å²) in [6.07, 6.45) is 0. The molecule has 1 aliphatic rings. The standard InChI is InChI=1S/C9H12N2.C8H10N2S/c1-2-4-9(5-3-1)11-7-6-10-8-11;9-8(11)10-6-7-4-2-1-3-5-7/h1-5,10H,6-8H2;1-5H,6H2,(H3,9,10,11). The number of hydrogen-bond acceptors (Lipinski definition) is 3. The molecule has 22 heavy (non-hydrogen) atoms. The minimum Gasteiger partial charge on any atom is -0.376 e. The van der Waals surface area contributed by atoms with Crippen molar-refractivity contribution in [2.45, 2.75) is 6.54 Å². The Balaban J connectivity index is 0.000000160. The summed E-state index contributed by atoms with van der Waals surface area (Å²) in [6, 6.07) is 20.5. The number of anilines is 1. The molecule has 0 aromatic heterocycles. The van der Waals surface area contributed by atoms with Crippen LogP contribution in [0.2, 0.25) is 0 Å². The Kier molecular flexibility index (Phi) is 6.67. The van der Waals surface area contributed by atoms with Gasteiger partial charge < -0.3 is 16.0 Å². The van der Waals surface area contributed by atoms with Gasteiger partial charge in [0.05, 0.1) is 6.67 Å². The van der Waals surface area contributed by atoms with E-state index in [2.05, 4.69) is 52.0 Å². The molecule has 0 bridgehead atoms. The highest BCUT2D eigenvalue weighted by Crippen LogP contribution is 2.12. The lowest BCUT2D eigenvalue weighted by atomic mass is 10.2. The van der Waals surface area contributed by atoms with Crippen molar-refractivity contribution in [3.8, 4) is 0 Å². The zero-order valence-corrected chi connectivity index (χ0v) is 13.4. The molecular weight excluding hydrogens is 292 g/mol. The van der Waals surface area contributed by atoms with E-state index in [0.717, 1.165) is 19.8 Å². The second-order valence-electron chi connectivity index (χ2n) is 4.96. The van der Waals surface area contributed by atoms with Gasteiger partial charge in [0.1, 0.15) is 0 Å². The Hall–Kier alpha value is -2.11. The second-order valence-corrected chi connectivity index (χ2v) is 5.40. The highest BCUT2D eigenvalue weighted by Gasteiger charge is 2.09. The Morgan fingerprint density at radius 2 is 1.73 bits per heavy atom. The smallest absolute Gasteiger partial charge is 0.163 e. The molecule has 0 saturated carbocycles. The Morgan fingerprint density at radius 1 is 1.09 bits per heavy atom. The van der Waals surface area contributed by atoms with Crippen LogP contribution < -0.4 is 21.3 Å². The van der Waals surface area contributed by atoms with Gasteiger partial charge in [-0.15, -0.1) is 0 Å². The number of nitrogens with two attached hydrogens (primary N) is 1. The monoisotopic (exact) mass is 314 g/mol. The summed E-state index contributed by atoms with van der Waals surface area (Å²) < 4.78 is 0. The van der Waals surface area contributed by atoms with Crippen LogP contribution in [0.1, 0.15) is 5.56 Å². The first kappa shape index (κ1) is 16.3. The minimum atomic E-state index is 0.342. The summed E-state index contributed by atoms with van der Waals surface area (Å²) in [5.41, 5.74) is 7.76. The van der Waals surface area contributed by atoms with Gasteiger partial charge in [-0.05, 0) is 29.9 Å². The molecule has 2 aromatic carbocycles. The van der Waals surface area contributed by atoms with Crippen molar-refractivity contribution >= 4 is 23.0 Å². The van der Waals surface area contributed by atoms with Crippen molar-refractivity contribution in [3.05, 3.63) is 66.2 Å². The lowest BCUT2D eigenvalue weighted by molar-refractivity contribution is 0.855. The Bertz CT molecular complexity index is 553. The highest BCUT2D eigenvalue weighted by molar-refractivity contribution is 7.80. The number of thiocarbonyl (C=S) groups is 1. The van der Waals surface area contributed by atoms with E-state index in [4.69, 9.17) is 5.73 Å². The number of nitrogens with one attached hydrogen (secondary N) is 2. The molecule has 0 unspecified atom stereocenters. The van der Waals surface area contributed by atoms with Crippen molar-refractivity contribution in [2.75, 3.05) is 24.7 Å². The van der Waals surface area contributed by atoms with E-state index < -0.39 is 0 Å². The van der Waals surface area contributed by atoms with E-state index in [1.807, 2.05) is 36.4 Å². The molecule has 5 heteroatoms. The molecule has 1 fully saturated rings. The predicted octanol–water partition coefficient (Wildman–Crippen LogP) is 2.07. The molecule has 2 aromatic rings. The molecule has 0 aliphatic carbocycles. The van der Waals surface area contributed by atoms with E-state index in [1.165, 1.54) is 11.3 Å². The fraction of sp³-hybridized carbons (Fsp3) is 0.235. The van der Waals surface area contributed by atoms with Crippen LogP contribution in [0.4, 0.5) is 5.69 Å². The average Bonchev–Trinajstić information content (AvgIpc) is 3.10. The fourth-order valence-corrected chi connectivity index (χ4v) is 2.22. The van der Waals surface area contributed by atoms with Gasteiger partial charge in [0.15, 0.2) is 5.11 Å². The van der Waals surface area contributed by atoms with Crippen molar-refractivity contribution in [1.82, 2.24) is 10.6 Å². The molecule has 1 saturated heterocycles. The zero-order chi connectivity index (χ0) is 15.6. The lowest BCUT2D eigenvalue weighted by Gasteiger charge is -2.15. The van der Waals surface area contributed by atoms with Gasteiger partial charge >= 0.3 is 0 Å². The van der Waals surface area contributed by atoms with Gasteiger partial charge in [-0.1, -0.05) is 48.5 Å². The quantitative estimate of drug-likeness (QED) is 0.757. The first-order chi connectivity index (χ1) is 10.8. The number of benzene rings is 2. The molecule has 4 nitrogen and oxygen atoms in total. The van der Waals surface area contributed by atoms with Crippen LogP contribution in [0.25, 0.3) is 0 Å². The van der Waals surface area contributed by atoms with Crippen LogP contribution in [-0.2, 0) is 6.54 Å². The third kappa shape index (κ3) is 5.71. The molecule has 1 heterocycles. The largest absolute Gasteiger partial charge is 0.376 e. The minimum absolute atomic E-state index is 0.342. The summed E-state index contributed by atoms with van der Waals surface area (Å²) in [6.45, 7) is 3.93. The summed E-state index contributed by atoms with van der Waals surface area (Å²) >= 11 is 4.66. The van der Waals surface area contributed by atoms with Crippen LogP contribution >= 0.6 is 12.2 Å². The van der Waals surface area contributed by atoms with Gasteiger partial charge in [-0.3, -0.25) is 5.32 Å². The van der Waals surface area contributed by atoms with Crippen molar-refractivity contribution in [2.24, 2.45) is 5.73 Å². The van der Waals surface area contributed by atoms with Gasteiger partial charge in [0, 0.05) is 25.3 Å². The first-order valence-corrected chi connectivity index (χ1v) is 7.74. The molecule has 116 valence electrons. The van der Waals surface area contributed by atoms with E-state index in [1.54, 1.807) is 0 Å². The fourth-order valence-electron chi connectivity index (χ4n) is 2.15. The summed E-state index contributed by atoms with van der Waals surface area (Å²) in [5, 5.41) is 6.51. The molecule has 0 amide bonds. The third-order valence-corrected chi connectivity index (χ3v) is 3.44.